The van der Waals surface area contributed by atoms with Gasteiger partial charge >= 0.3 is 0 Å². The summed E-state index contributed by atoms with van der Waals surface area (Å²) in [5.74, 6) is 0.538. The zero-order chi connectivity index (χ0) is 22.9. The molecule has 2 aromatic carbocycles. The van der Waals surface area contributed by atoms with Gasteiger partial charge in [-0.25, -0.2) is 9.67 Å². The van der Waals surface area contributed by atoms with Crippen LogP contribution in [0.25, 0.3) is 16.6 Å². The number of fused-ring (bicyclic) bond motifs is 1. The number of hydrogen-bond acceptors (Lipinski definition) is 5. The van der Waals surface area contributed by atoms with Gasteiger partial charge in [-0.15, -0.1) is 0 Å². The minimum atomic E-state index is -0.136. The number of aryl methyl sites for hydroxylation is 2. The lowest BCUT2D eigenvalue weighted by Gasteiger charge is -2.23. The molecule has 0 saturated carbocycles. The zero-order valence-electron chi connectivity index (χ0n) is 18.8. The van der Waals surface area contributed by atoms with E-state index in [9.17, 15) is 9.59 Å². The molecule has 4 aromatic rings. The number of rotatable bonds is 3. The van der Waals surface area contributed by atoms with Crippen LogP contribution in [0.2, 0.25) is 0 Å². The van der Waals surface area contributed by atoms with Gasteiger partial charge in [0, 0.05) is 38.6 Å². The van der Waals surface area contributed by atoms with Crippen molar-refractivity contribution in [3.63, 3.8) is 0 Å². The minimum Gasteiger partial charge on any atom is -0.340 e. The van der Waals surface area contributed by atoms with Crippen molar-refractivity contribution in [2.75, 3.05) is 31.1 Å². The standard InChI is InChI=1S/C25H26N6O2/c1-17-15-20-21(16-18(17)2)27-25(28-23(20)32)30-11-6-10-29(13-14-30)24(33)19-7-3-4-8-22(19)31-12-5-9-26-31/h3-5,7-9,12,15-16H,6,10-11,13-14H2,1-2H3,(H,27,28,32). The molecule has 0 atom stereocenters. The molecule has 3 heterocycles. The molecule has 1 N–H and O–H groups in total. The van der Waals surface area contributed by atoms with Gasteiger partial charge in [0.05, 0.1) is 22.2 Å². The number of benzene rings is 2. The number of hydrogen-bond donors (Lipinski definition) is 1. The first kappa shape index (κ1) is 20.9. The Kier molecular flexibility index (Phi) is 5.42. The van der Waals surface area contributed by atoms with Crippen molar-refractivity contribution >= 4 is 22.8 Å². The Morgan fingerprint density at radius 3 is 2.64 bits per heavy atom. The van der Waals surface area contributed by atoms with Gasteiger partial charge in [-0.05, 0) is 61.7 Å². The lowest BCUT2D eigenvalue weighted by atomic mass is 10.1. The summed E-state index contributed by atoms with van der Waals surface area (Å²) in [5.41, 5.74) is 4.13. The Hall–Kier alpha value is -3.94. The summed E-state index contributed by atoms with van der Waals surface area (Å²) >= 11 is 0. The molecule has 5 rings (SSSR count). The van der Waals surface area contributed by atoms with Crippen molar-refractivity contribution in [3.8, 4) is 5.69 Å². The van der Waals surface area contributed by atoms with E-state index in [4.69, 9.17) is 4.98 Å². The normalized spacial score (nSPS) is 14.5. The smallest absolute Gasteiger partial charge is 0.260 e. The molecule has 0 radical (unpaired) electrons. The van der Waals surface area contributed by atoms with Gasteiger partial charge in [-0.1, -0.05) is 12.1 Å². The van der Waals surface area contributed by atoms with Crippen LogP contribution in [0, 0.1) is 13.8 Å². The van der Waals surface area contributed by atoms with Crippen molar-refractivity contribution < 1.29 is 4.79 Å². The Balaban J connectivity index is 1.38. The molecule has 168 valence electrons. The van der Waals surface area contributed by atoms with Crippen LogP contribution in [0.5, 0.6) is 0 Å². The number of carbonyl (C=O) groups excluding carboxylic acids is 1. The Labute approximate surface area is 191 Å². The first-order valence-electron chi connectivity index (χ1n) is 11.2. The summed E-state index contributed by atoms with van der Waals surface area (Å²) in [4.78, 5) is 37.7. The summed E-state index contributed by atoms with van der Waals surface area (Å²) in [7, 11) is 0. The quantitative estimate of drug-likeness (QED) is 0.527. The minimum absolute atomic E-state index is 0.0194. The molecule has 1 aliphatic rings. The average Bonchev–Trinajstić information content (AvgIpc) is 3.24. The molecule has 33 heavy (non-hydrogen) atoms. The van der Waals surface area contributed by atoms with Crippen LogP contribution in [-0.2, 0) is 0 Å². The van der Waals surface area contributed by atoms with Crippen LogP contribution >= 0.6 is 0 Å². The fourth-order valence-electron chi connectivity index (χ4n) is 4.30. The summed E-state index contributed by atoms with van der Waals surface area (Å²) in [6, 6.07) is 13.2. The van der Waals surface area contributed by atoms with E-state index >= 15 is 0 Å². The van der Waals surface area contributed by atoms with Gasteiger partial charge in [-0.2, -0.15) is 5.10 Å². The highest BCUT2D eigenvalue weighted by Crippen LogP contribution is 2.20. The molecular formula is C25H26N6O2. The summed E-state index contributed by atoms with van der Waals surface area (Å²) < 4.78 is 1.71. The number of amides is 1. The van der Waals surface area contributed by atoms with E-state index in [1.165, 1.54) is 0 Å². The fourth-order valence-corrected chi connectivity index (χ4v) is 4.30. The van der Waals surface area contributed by atoms with E-state index in [0.29, 0.717) is 48.6 Å². The van der Waals surface area contributed by atoms with Crippen LogP contribution in [0.1, 0.15) is 27.9 Å². The van der Waals surface area contributed by atoms with E-state index in [1.807, 2.05) is 67.4 Å². The van der Waals surface area contributed by atoms with E-state index in [0.717, 1.165) is 23.2 Å². The van der Waals surface area contributed by atoms with Gasteiger partial charge in [0.25, 0.3) is 11.5 Å². The second-order valence-electron chi connectivity index (χ2n) is 8.44. The maximum absolute atomic E-state index is 13.4. The van der Waals surface area contributed by atoms with Crippen molar-refractivity contribution in [1.29, 1.82) is 0 Å². The second kappa shape index (κ2) is 8.54. The monoisotopic (exact) mass is 442 g/mol. The Morgan fingerprint density at radius 2 is 1.82 bits per heavy atom. The molecule has 0 aliphatic carbocycles. The molecule has 1 fully saturated rings. The maximum Gasteiger partial charge on any atom is 0.260 e. The first-order chi connectivity index (χ1) is 16.0. The largest absolute Gasteiger partial charge is 0.340 e. The third kappa shape index (κ3) is 4.00. The van der Waals surface area contributed by atoms with E-state index in [-0.39, 0.29) is 11.5 Å². The number of para-hydroxylation sites is 1. The van der Waals surface area contributed by atoms with E-state index < -0.39 is 0 Å². The van der Waals surface area contributed by atoms with Crippen LogP contribution in [0.15, 0.2) is 59.7 Å². The molecule has 2 aromatic heterocycles. The number of H-pyrrole nitrogens is 1. The molecule has 0 bridgehead atoms. The van der Waals surface area contributed by atoms with Gasteiger partial charge in [0.15, 0.2) is 0 Å². The lowest BCUT2D eigenvalue weighted by Crippen LogP contribution is -2.36. The highest BCUT2D eigenvalue weighted by atomic mass is 16.2. The first-order valence-corrected chi connectivity index (χ1v) is 11.2. The van der Waals surface area contributed by atoms with Crippen molar-refractivity contribution in [2.24, 2.45) is 0 Å². The predicted molar refractivity (Wildman–Crippen MR) is 128 cm³/mol. The zero-order valence-corrected chi connectivity index (χ0v) is 18.8. The molecule has 8 heteroatoms. The van der Waals surface area contributed by atoms with Crippen LogP contribution < -0.4 is 10.5 Å². The van der Waals surface area contributed by atoms with Crippen molar-refractivity contribution in [1.82, 2.24) is 24.6 Å². The van der Waals surface area contributed by atoms with Gasteiger partial charge < -0.3 is 9.80 Å². The van der Waals surface area contributed by atoms with E-state index in [1.54, 1.807) is 10.9 Å². The molecular weight excluding hydrogens is 416 g/mol. The van der Waals surface area contributed by atoms with Gasteiger partial charge in [0.2, 0.25) is 5.95 Å². The molecule has 1 amide bonds. The summed E-state index contributed by atoms with van der Waals surface area (Å²) in [6.45, 7) is 6.50. The number of aromatic amines is 1. The number of nitrogens with zero attached hydrogens (tertiary/aromatic N) is 5. The highest BCUT2D eigenvalue weighted by molar-refractivity contribution is 5.97. The summed E-state index contributed by atoms with van der Waals surface area (Å²) in [6.07, 6.45) is 4.32. The Bertz CT molecular complexity index is 1380. The second-order valence-corrected chi connectivity index (χ2v) is 8.44. The van der Waals surface area contributed by atoms with Gasteiger partial charge in [0.1, 0.15) is 0 Å². The maximum atomic E-state index is 13.4. The molecule has 1 saturated heterocycles. The SMILES string of the molecule is Cc1cc2nc(N3CCCN(C(=O)c4ccccc4-n4cccn4)CC3)[nH]c(=O)c2cc1C. The van der Waals surface area contributed by atoms with Crippen LogP contribution in [-0.4, -0.2) is 56.7 Å². The topological polar surface area (TPSA) is 87.1 Å². The predicted octanol–water partition coefficient (Wildman–Crippen LogP) is 3.08. The van der Waals surface area contributed by atoms with Gasteiger partial charge in [-0.3, -0.25) is 14.6 Å². The lowest BCUT2D eigenvalue weighted by molar-refractivity contribution is 0.0767. The van der Waals surface area contributed by atoms with Crippen LogP contribution in [0.3, 0.4) is 0 Å². The third-order valence-corrected chi connectivity index (χ3v) is 6.28. The highest BCUT2D eigenvalue weighted by Gasteiger charge is 2.24. The number of carbonyl (C=O) groups is 1. The van der Waals surface area contributed by atoms with Crippen LogP contribution in [0.4, 0.5) is 5.95 Å². The molecule has 0 spiro atoms. The Morgan fingerprint density at radius 1 is 1.00 bits per heavy atom. The third-order valence-electron chi connectivity index (χ3n) is 6.28. The van der Waals surface area contributed by atoms with E-state index in [2.05, 4.69) is 15.0 Å². The number of aromatic nitrogens is 4. The average molecular weight is 443 g/mol. The fraction of sp³-hybridized carbons (Fsp3) is 0.280. The molecule has 8 nitrogen and oxygen atoms in total. The molecule has 0 unspecified atom stereocenters. The summed E-state index contributed by atoms with van der Waals surface area (Å²) in [5, 5.41) is 4.89. The van der Waals surface area contributed by atoms with Crippen molar-refractivity contribution in [2.45, 2.75) is 20.3 Å². The number of anilines is 1. The number of nitrogens with one attached hydrogen (secondary N) is 1. The molecule has 1 aliphatic heterocycles. The van der Waals surface area contributed by atoms with Crippen molar-refractivity contribution in [3.05, 3.63) is 81.9 Å².